The first kappa shape index (κ1) is 8.59. The number of hydrogen-bond acceptors (Lipinski definition) is 0. The van der Waals surface area contributed by atoms with Crippen molar-refractivity contribution in [2.75, 3.05) is 0 Å². The van der Waals surface area contributed by atoms with Crippen molar-refractivity contribution in [1.82, 2.24) is 0 Å². The minimum atomic E-state index is 1.11. The van der Waals surface area contributed by atoms with Gasteiger partial charge in [-0.05, 0) is 11.8 Å². The zero-order valence-corrected chi connectivity index (χ0v) is 8.23. The molecule has 0 unspecified atom stereocenters. The average Bonchev–Trinajstić information content (AvgIpc) is 2.18. The molecule has 0 heteroatoms. The van der Waals surface area contributed by atoms with Crippen molar-refractivity contribution in [2.24, 2.45) is 11.8 Å². The van der Waals surface area contributed by atoms with E-state index in [1.165, 1.54) is 25.7 Å². The molecule has 0 spiro atoms. The summed E-state index contributed by atoms with van der Waals surface area (Å²) in [6.45, 7) is 0. The lowest BCUT2D eigenvalue weighted by Gasteiger charge is -2.21. The van der Waals surface area contributed by atoms with E-state index in [9.17, 15) is 0 Å². The smallest absolute Gasteiger partial charge is 0.0414 e. The zero-order chi connectivity index (χ0) is 8.23. The van der Waals surface area contributed by atoms with Gasteiger partial charge in [-0.3, -0.25) is 0 Å². The molecule has 3 saturated carbocycles. The van der Waals surface area contributed by atoms with Crippen molar-refractivity contribution in [1.29, 1.82) is 0 Å². The maximum Gasteiger partial charge on any atom is -0.0414 e. The maximum absolute atomic E-state index is 1.55. The van der Waals surface area contributed by atoms with Crippen molar-refractivity contribution in [3.63, 3.8) is 0 Å². The molecule has 3 aliphatic carbocycles. The molecule has 0 heterocycles. The Hall–Kier alpha value is 0. The molecule has 12 heavy (non-hydrogen) atoms. The van der Waals surface area contributed by atoms with Crippen LogP contribution >= 0.6 is 0 Å². The lowest BCUT2D eigenvalue weighted by Crippen LogP contribution is -2.06. The molecule has 3 fully saturated rings. The molecule has 0 radical (unpaired) electrons. The van der Waals surface area contributed by atoms with Gasteiger partial charge >= 0.3 is 0 Å². The Kier molecular flexibility index (Phi) is 3.08. The molecule has 0 N–H and O–H groups in total. The van der Waals surface area contributed by atoms with Crippen LogP contribution in [0.1, 0.15) is 64.2 Å². The summed E-state index contributed by atoms with van der Waals surface area (Å²) < 4.78 is 0. The van der Waals surface area contributed by atoms with Gasteiger partial charge in [0.15, 0.2) is 0 Å². The SMILES string of the molecule is C1CC[C@H]2CCC[C@@H](C1)CCC2. The van der Waals surface area contributed by atoms with Crippen LogP contribution in [0.4, 0.5) is 0 Å². The molecule has 0 aliphatic heterocycles. The highest BCUT2D eigenvalue weighted by molar-refractivity contribution is 4.71. The first-order chi connectivity index (χ1) is 5.95. The van der Waals surface area contributed by atoms with Gasteiger partial charge in [0.25, 0.3) is 0 Å². The van der Waals surface area contributed by atoms with E-state index in [-0.39, 0.29) is 0 Å². The van der Waals surface area contributed by atoms with Crippen LogP contribution in [0, 0.1) is 11.8 Å². The van der Waals surface area contributed by atoms with Crippen molar-refractivity contribution < 1.29 is 0 Å². The van der Waals surface area contributed by atoms with Gasteiger partial charge < -0.3 is 0 Å². The van der Waals surface area contributed by atoms with Crippen LogP contribution in [-0.4, -0.2) is 0 Å². The summed E-state index contributed by atoms with van der Waals surface area (Å²) in [7, 11) is 0. The molecule has 0 nitrogen and oxygen atoms in total. The molecule has 0 amide bonds. The van der Waals surface area contributed by atoms with Gasteiger partial charge in [-0.2, -0.15) is 0 Å². The molecule has 0 aromatic carbocycles. The van der Waals surface area contributed by atoms with Crippen LogP contribution in [0.2, 0.25) is 0 Å². The van der Waals surface area contributed by atoms with Gasteiger partial charge in [-0.1, -0.05) is 64.2 Å². The second-order valence-electron chi connectivity index (χ2n) is 4.88. The molecule has 2 bridgehead atoms. The van der Waals surface area contributed by atoms with E-state index >= 15 is 0 Å². The van der Waals surface area contributed by atoms with Crippen molar-refractivity contribution in [3.8, 4) is 0 Å². The summed E-state index contributed by atoms with van der Waals surface area (Å²) in [5.41, 5.74) is 0. The van der Waals surface area contributed by atoms with E-state index in [0.29, 0.717) is 0 Å². The van der Waals surface area contributed by atoms with Crippen LogP contribution < -0.4 is 0 Å². The summed E-state index contributed by atoms with van der Waals surface area (Å²) in [4.78, 5) is 0. The minimum Gasteiger partial charge on any atom is -0.0530 e. The minimum absolute atomic E-state index is 1.11. The number of rotatable bonds is 0. The molecule has 0 aromatic rings. The van der Waals surface area contributed by atoms with E-state index in [4.69, 9.17) is 0 Å². The summed E-state index contributed by atoms with van der Waals surface area (Å²) in [6.07, 6.45) is 15.4. The fourth-order valence-corrected chi connectivity index (χ4v) is 3.12. The van der Waals surface area contributed by atoms with Gasteiger partial charge in [0, 0.05) is 0 Å². The Morgan fingerprint density at radius 3 is 1.17 bits per heavy atom. The largest absolute Gasteiger partial charge is 0.0530 e. The van der Waals surface area contributed by atoms with Crippen molar-refractivity contribution in [3.05, 3.63) is 0 Å². The van der Waals surface area contributed by atoms with E-state index in [2.05, 4.69) is 0 Å². The Labute approximate surface area is 76.7 Å². The predicted octanol–water partition coefficient (Wildman–Crippen LogP) is 4.15. The molecule has 0 atom stereocenters. The highest BCUT2D eigenvalue weighted by atomic mass is 14.2. The van der Waals surface area contributed by atoms with E-state index in [1.54, 1.807) is 38.5 Å². The first-order valence-corrected chi connectivity index (χ1v) is 5.95. The lowest BCUT2D eigenvalue weighted by atomic mass is 9.85. The second-order valence-corrected chi connectivity index (χ2v) is 4.88. The summed E-state index contributed by atoms with van der Waals surface area (Å²) in [5.74, 6) is 2.23. The van der Waals surface area contributed by atoms with Crippen molar-refractivity contribution in [2.45, 2.75) is 64.2 Å². The first-order valence-electron chi connectivity index (χ1n) is 5.95. The Bertz CT molecular complexity index is 98.5. The maximum atomic E-state index is 1.55. The second kappa shape index (κ2) is 4.30. The van der Waals surface area contributed by atoms with Gasteiger partial charge in [0.05, 0.1) is 0 Å². The van der Waals surface area contributed by atoms with E-state index in [1.807, 2.05) is 0 Å². The predicted molar refractivity (Wildman–Crippen MR) is 53.2 cm³/mol. The van der Waals surface area contributed by atoms with Crippen LogP contribution in [0.25, 0.3) is 0 Å². The third kappa shape index (κ3) is 2.24. The molecule has 0 saturated heterocycles. The number of hydrogen-bond donors (Lipinski definition) is 0. The van der Waals surface area contributed by atoms with Crippen LogP contribution in [0.3, 0.4) is 0 Å². The molecule has 70 valence electrons. The van der Waals surface area contributed by atoms with Crippen LogP contribution in [0.5, 0.6) is 0 Å². The summed E-state index contributed by atoms with van der Waals surface area (Å²) >= 11 is 0. The molecule has 3 aliphatic rings. The van der Waals surface area contributed by atoms with Crippen molar-refractivity contribution >= 4 is 0 Å². The van der Waals surface area contributed by atoms with Gasteiger partial charge in [-0.15, -0.1) is 0 Å². The fraction of sp³-hybridized carbons (Fsp3) is 1.00. The van der Waals surface area contributed by atoms with Crippen LogP contribution in [0.15, 0.2) is 0 Å². The average molecular weight is 166 g/mol. The van der Waals surface area contributed by atoms with Gasteiger partial charge in [0.2, 0.25) is 0 Å². The fourth-order valence-electron chi connectivity index (χ4n) is 3.12. The molecular weight excluding hydrogens is 144 g/mol. The third-order valence-electron chi connectivity index (χ3n) is 3.92. The summed E-state index contributed by atoms with van der Waals surface area (Å²) in [6, 6.07) is 0. The topological polar surface area (TPSA) is 0 Å². The van der Waals surface area contributed by atoms with Crippen LogP contribution in [-0.2, 0) is 0 Å². The van der Waals surface area contributed by atoms with Gasteiger partial charge in [-0.25, -0.2) is 0 Å². The molecular formula is C12H22. The van der Waals surface area contributed by atoms with Gasteiger partial charge in [0.1, 0.15) is 0 Å². The Balaban J connectivity index is 1.96. The third-order valence-corrected chi connectivity index (χ3v) is 3.92. The molecule has 0 aromatic heterocycles. The van der Waals surface area contributed by atoms with E-state index in [0.717, 1.165) is 11.8 Å². The zero-order valence-electron chi connectivity index (χ0n) is 8.23. The number of fused-ring (bicyclic) bond motifs is 7. The highest BCUT2D eigenvalue weighted by Crippen LogP contribution is 2.34. The lowest BCUT2D eigenvalue weighted by molar-refractivity contribution is 0.321. The van der Waals surface area contributed by atoms with E-state index < -0.39 is 0 Å². The Morgan fingerprint density at radius 2 is 0.750 bits per heavy atom. The monoisotopic (exact) mass is 166 g/mol. The highest BCUT2D eigenvalue weighted by Gasteiger charge is 2.18. The standard InChI is InChI=1S/C12H22/c1-2-6-12-9-3-7-11(5-1)8-4-10-12/h11-12H,1-10H2/t11-,12+. The quantitative estimate of drug-likeness (QED) is 0.507. The summed E-state index contributed by atoms with van der Waals surface area (Å²) in [5, 5.41) is 0. The Morgan fingerprint density at radius 1 is 0.417 bits per heavy atom. The molecule has 3 rings (SSSR count). The normalized spacial score (nSPS) is 38.0.